The number of rotatable bonds is 4. The highest BCUT2D eigenvalue weighted by molar-refractivity contribution is 14.1. The normalized spacial score (nSPS) is 10.0. The topological polar surface area (TPSA) is 78.4 Å². The van der Waals surface area contributed by atoms with Crippen LogP contribution in [0.1, 0.15) is 10.4 Å². The van der Waals surface area contributed by atoms with Crippen molar-refractivity contribution in [3.63, 3.8) is 0 Å². The average molecular weight is 426 g/mol. The molecule has 7 heteroatoms. The van der Waals surface area contributed by atoms with Gasteiger partial charge in [0.25, 0.3) is 5.91 Å². The number of nitrogens with one attached hydrogen (secondary N) is 2. The predicted molar refractivity (Wildman–Crippen MR) is 94.0 cm³/mol. The third-order valence-corrected chi connectivity index (χ3v) is 3.77. The quantitative estimate of drug-likeness (QED) is 0.398. The molecule has 0 atom stereocenters. The number of hydrogen-bond donors (Lipinski definition) is 3. The van der Waals surface area contributed by atoms with Gasteiger partial charge in [0.1, 0.15) is 11.6 Å². The summed E-state index contributed by atoms with van der Waals surface area (Å²) in [5, 5.41) is 14.9. The molecule has 0 saturated heterocycles. The molecule has 118 valence electrons. The number of hydrogen-bond acceptors (Lipinski definition) is 3. The maximum Gasteiger partial charge on any atom is 0.259 e. The molecule has 0 aliphatic carbocycles. The van der Waals surface area contributed by atoms with Crippen LogP contribution in [0.5, 0.6) is 5.75 Å². The van der Waals surface area contributed by atoms with E-state index in [9.17, 15) is 19.1 Å². The number of carbonyl (C=O) groups excluding carboxylic acids is 2. The summed E-state index contributed by atoms with van der Waals surface area (Å²) in [6.07, 6.45) is 1.09. The Morgan fingerprint density at radius 2 is 1.91 bits per heavy atom. The fraction of sp³-hybridized carbons (Fsp3) is 0. The first-order chi connectivity index (χ1) is 10.9. The number of halogens is 2. The molecular weight excluding hydrogens is 414 g/mol. The summed E-state index contributed by atoms with van der Waals surface area (Å²) in [6.45, 7) is 3.33. The lowest BCUT2D eigenvalue weighted by molar-refractivity contribution is -0.111. The Kier molecular flexibility index (Phi) is 5.32. The van der Waals surface area contributed by atoms with Crippen molar-refractivity contribution in [3.8, 4) is 5.75 Å². The maximum atomic E-state index is 13.1. The smallest absolute Gasteiger partial charge is 0.259 e. The lowest BCUT2D eigenvalue weighted by Gasteiger charge is -2.10. The monoisotopic (exact) mass is 426 g/mol. The molecule has 2 rings (SSSR count). The van der Waals surface area contributed by atoms with Gasteiger partial charge >= 0.3 is 0 Å². The zero-order valence-corrected chi connectivity index (χ0v) is 13.9. The molecule has 0 aliphatic heterocycles. The first-order valence-corrected chi connectivity index (χ1v) is 7.51. The Labute approximate surface area is 145 Å². The van der Waals surface area contributed by atoms with Gasteiger partial charge in [0, 0.05) is 9.26 Å². The van der Waals surface area contributed by atoms with Crippen LogP contribution in [-0.4, -0.2) is 16.9 Å². The summed E-state index contributed by atoms with van der Waals surface area (Å²) < 4.78 is 13.6. The van der Waals surface area contributed by atoms with E-state index < -0.39 is 17.6 Å². The zero-order chi connectivity index (χ0) is 17.0. The molecule has 0 aromatic heterocycles. The number of phenolic OH excluding ortho intramolecular Hbond substituents is 1. The Balaban J connectivity index is 2.26. The van der Waals surface area contributed by atoms with Crippen molar-refractivity contribution in [1.82, 2.24) is 0 Å². The summed E-state index contributed by atoms with van der Waals surface area (Å²) in [5.41, 5.74) is 0.732. The SMILES string of the molecule is C=CC(=O)Nc1ccc(O)c(C(=O)Nc2ccc(F)cc2I)c1. The fourth-order valence-electron chi connectivity index (χ4n) is 1.77. The van der Waals surface area contributed by atoms with Crippen LogP contribution in [0.25, 0.3) is 0 Å². The van der Waals surface area contributed by atoms with Crippen LogP contribution < -0.4 is 10.6 Å². The molecule has 0 fully saturated rings. The fourth-order valence-corrected chi connectivity index (χ4v) is 2.38. The van der Waals surface area contributed by atoms with Crippen LogP contribution in [-0.2, 0) is 4.79 Å². The predicted octanol–water partition coefficient (Wildman–Crippen LogP) is 3.51. The van der Waals surface area contributed by atoms with Crippen molar-refractivity contribution in [2.24, 2.45) is 0 Å². The Morgan fingerprint density at radius 1 is 1.17 bits per heavy atom. The highest BCUT2D eigenvalue weighted by atomic mass is 127. The van der Waals surface area contributed by atoms with Crippen molar-refractivity contribution in [1.29, 1.82) is 0 Å². The number of phenols is 1. The molecule has 23 heavy (non-hydrogen) atoms. The number of anilines is 2. The number of carbonyl (C=O) groups is 2. The van der Waals surface area contributed by atoms with Crippen molar-refractivity contribution in [2.45, 2.75) is 0 Å². The third-order valence-electron chi connectivity index (χ3n) is 2.87. The number of benzene rings is 2. The van der Waals surface area contributed by atoms with Gasteiger partial charge < -0.3 is 15.7 Å². The second kappa shape index (κ2) is 7.23. The molecule has 0 aliphatic rings. The Hall–Kier alpha value is -2.42. The molecule has 5 nitrogen and oxygen atoms in total. The lowest BCUT2D eigenvalue weighted by Crippen LogP contribution is -2.14. The van der Waals surface area contributed by atoms with E-state index in [0.29, 0.717) is 14.9 Å². The Bertz CT molecular complexity index is 793. The van der Waals surface area contributed by atoms with Crippen molar-refractivity contribution < 1.29 is 19.1 Å². The van der Waals surface area contributed by atoms with Crippen LogP contribution in [0.4, 0.5) is 15.8 Å². The zero-order valence-electron chi connectivity index (χ0n) is 11.8. The van der Waals surface area contributed by atoms with Gasteiger partial charge in [0.2, 0.25) is 5.91 Å². The number of aromatic hydroxyl groups is 1. The van der Waals surface area contributed by atoms with Gasteiger partial charge in [0.05, 0.1) is 11.3 Å². The van der Waals surface area contributed by atoms with Crippen LogP contribution in [0.2, 0.25) is 0 Å². The van der Waals surface area contributed by atoms with Crippen molar-refractivity contribution in [2.75, 3.05) is 10.6 Å². The molecule has 0 bridgehead atoms. The van der Waals surface area contributed by atoms with Gasteiger partial charge in [-0.25, -0.2) is 4.39 Å². The minimum absolute atomic E-state index is 0.0213. The summed E-state index contributed by atoms with van der Waals surface area (Å²) in [6, 6.07) is 8.01. The van der Waals surface area contributed by atoms with Gasteiger partial charge in [-0.2, -0.15) is 0 Å². The van der Waals surface area contributed by atoms with Crippen LogP contribution in [0.3, 0.4) is 0 Å². The van der Waals surface area contributed by atoms with E-state index in [-0.39, 0.29) is 11.3 Å². The summed E-state index contributed by atoms with van der Waals surface area (Å²) >= 11 is 1.89. The van der Waals surface area contributed by atoms with Gasteiger partial charge in [-0.1, -0.05) is 6.58 Å². The molecule has 0 heterocycles. The standard InChI is InChI=1S/C16H12FIN2O3/c1-2-15(22)19-10-4-6-14(21)11(8-10)16(23)20-13-5-3-9(17)7-12(13)18/h2-8,21H,1H2,(H,19,22)(H,20,23). The van der Waals surface area contributed by atoms with Gasteiger partial charge in [-0.15, -0.1) is 0 Å². The highest BCUT2D eigenvalue weighted by Gasteiger charge is 2.14. The van der Waals surface area contributed by atoms with E-state index in [1.807, 2.05) is 22.6 Å². The lowest BCUT2D eigenvalue weighted by atomic mass is 10.1. The Morgan fingerprint density at radius 3 is 2.57 bits per heavy atom. The van der Waals surface area contributed by atoms with E-state index in [1.165, 1.54) is 36.4 Å². The van der Waals surface area contributed by atoms with Crippen molar-refractivity contribution >= 4 is 45.8 Å². The minimum atomic E-state index is -0.582. The van der Waals surface area contributed by atoms with Crippen LogP contribution in [0, 0.1) is 9.39 Å². The maximum absolute atomic E-state index is 13.1. The molecule has 2 aromatic carbocycles. The molecule has 0 spiro atoms. The average Bonchev–Trinajstić information content (AvgIpc) is 2.51. The summed E-state index contributed by atoms with van der Waals surface area (Å²) in [7, 11) is 0. The largest absolute Gasteiger partial charge is 0.507 e. The molecule has 2 aromatic rings. The van der Waals surface area contributed by atoms with E-state index in [0.717, 1.165) is 6.08 Å². The molecule has 0 saturated carbocycles. The first kappa shape index (κ1) is 16.9. The molecular formula is C16H12FIN2O3. The third kappa shape index (κ3) is 4.28. The molecule has 0 radical (unpaired) electrons. The molecule has 2 amide bonds. The van der Waals surface area contributed by atoms with E-state index in [1.54, 1.807) is 0 Å². The van der Waals surface area contributed by atoms with Crippen LogP contribution in [0.15, 0.2) is 49.1 Å². The van der Waals surface area contributed by atoms with Crippen molar-refractivity contribution in [3.05, 3.63) is 64.0 Å². The van der Waals surface area contributed by atoms with Gasteiger partial charge in [-0.05, 0) is 65.1 Å². The van der Waals surface area contributed by atoms with E-state index in [4.69, 9.17) is 0 Å². The number of amides is 2. The molecule has 0 unspecified atom stereocenters. The summed E-state index contributed by atoms with van der Waals surface area (Å²) in [5.74, 6) is -1.67. The minimum Gasteiger partial charge on any atom is -0.507 e. The van der Waals surface area contributed by atoms with Gasteiger partial charge in [0.15, 0.2) is 0 Å². The van der Waals surface area contributed by atoms with Crippen LogP contribution >= 0.6 is 22.6 Å². The van der Waals surface area contributed by atoms with E-state index >= 15 is 0 Å². The van der Waals surface area contributed by atoms with Gasteiger partial charge in [-0.3, -0.25) is 9.59 Å². The van der Waals surface area contributed by atoms with E-state index in [2.05, 4.69) is 17.2 Å². The summed E-state index contributed by atoms with van der Waals surface area (Å²) in [4.78, 5) is 23.6. The second-order valence-electron chi connectivity index (χ2n) is 4.50. The second-order valence-corrected chi connectivity index (χ2v) is 5.67. The molecule has 3 N–H and O–H groups in total. The highest BCUT2D eigenvalue weighted by Crippen LogP contribution is 2.25. The first-order valence-electron chi connectivity index (χ1n) is 6.43.